The molecule has 0 aliphatic carbocycles. The summed E-state index contributed by atoms with van der Waals surface area (Å²) in [6, 6.07) is 5.16. The van der Waals surface area contributed by atoms with Gasteiger partial charge in [0.05, 0.1) is 21.1 Å². The number of aromatic nitrogens is 2. The molecular formula is C50H76N2S4. The van der Waals surface area contributed by atoms with Crippen molar-refractivity contribution >= 4 is 65.5 Å². The minimum absolute atomic E-state index is 1.13. The van der Waals surface area contributed by atoms with Crippen molar-refractivity contribution in [3.8, 4) is 19.8 Å². The van der Waals surface area contributed by atoms with Gasteiger partial charge in [0.2, 0.25) is 0 Å². The fourth-order valence-corrected chi connectivity index (χ4v) is 13.0. The molecule has 4 heterocycles. The third kappa shape index (κ3) is 13.2. The van der Waals surface area contributed by atoms with Crippen LogP contribution < -0.4 is 0 Å². The Morgan fingerprint density at radius 1 is 0.375 bits per heavy atom. The van der Waals surface area contributed by atoms with Crippen molar-refractivity contribution in [1.82, 2.24) is 9.97 Å². The normalized spacial score (nSPS) is 12.0. The van der Waals surface area contributed by atoms with Crippen molar-refractivity contribution in [2.24, 2.45) is 0 Å². The second-order valence-corrected chi connectivity index (χ2v) is 21.3. The van der Waals surface area contributed by atoms with Crippen LogP contribution >= 0.6 is 45.3 Å². The van der Waals surface area contributed by atoms with Crippen LogP contribution in [0, 0.1) is 13.8 Å². The van der Waals surface area contributed by atoms with Crippen molar-refractivity contribution < 1.29 is 0 Å². The van der Waals surface area contributed by atoms with Gasteiger partial charge in [-0.2, -0.15) is 0 Å². The van der Waals surface area contributed by atoms with E-state index in [1.807, 2.05) is 22.7 Å². The van der Waals surface area contributed by atoms with E-state index >= 15 is 0 Å². The van der Waals surface area contributed by atoms with Crippen LogP contribution in [0.1, 0.15) is 214 Å². The molecule has 5 aromatic rings. The Hall–Kier alpha value is -1.60. The van der Waals surface area contributed by atoms with Crippen LogP contribution in [0.15, 0.2) is 12.1 Å². The van der Waals surface area contributed by atoms with Gasteiger partial charge in [-0.15, -0.1) is 45.3 Å². The number of aryl methyl sites for hydroxylation is 6. The zero-order valence-electron chi connectivity index (χ0n) is 36.5. The predicted octanol–water partition coefficient (Wildman–Crippen LogP) is 18.6. The lowest BCUT2D eigenvalue weighted by atomic mass is 9.94. The van der Waals surface area contributed by atoms with Crippen molar-refractivity contribution in [2.45, 2.75) is 221 Å². The van der Waals surface area contributed by atoms with Crippen LogP contribution in [0.2, 0.25) is 0 Å². The van der Waals surface area contributed by atoms with Crippen LogP contribution in [-0.4, -0.2) is 9.97 Å². The van der Waals surface area contributed by atoms with Gasteiger partial charge in [-0.25, -0.2) is 9.97 Å². The Morgan fingerprint density at radius 2 is 0.679 bits per heavy atom. The van der Waals surface area contributed by atoms with Gasteiger partial charge in [0.15, 0.2) is 0 Å². The third-order valence-corrected chi connectivity index (χ3v) is 16.7. The van der Waals surface area contributed by atoms with Crippen LogP contribution in [0.25, 0.3) is 39.9 Å². The lowest BCUT2D eigenvalue weighted by Crippen LogP contribution is -1.93. The van der Waals surface area contributed by atoms with Crippen LogP contribution in [-0.2, 0) is 25.7 Å². The van der Waals surface area contributed by atoms with Crippen LogP contribution in [0.5, 0.6) is 0 Å². The summed E-state index contributed by atoms with van der Waals surface area (Å²) >= 11 is 7.99. The SMILES string of the molecule is CCCCCCCCc1nc(-c2cc3c(CCCCCCCC)c4sc(-c5nc(CCCCCCCC)c(C)s5)cc4c(CCCCCCCC)c3s2)sc1C. The molecule has 0 N–H and O–H groups in total. The van der Waals surface area contributed by atoms with Gasteiger partial charge in [-0.1, -0.05) is 156 Å². The maximum Gasteiger partial charge on any atom is 0.133 e. The quantitative estimate of drug-likeness (QED) is 0.0431. The molecular weight excluding hydrogens is 757 g/mol. The van der Waals surface area contributed by atoms with Crippen LogP contribution in [0.3, 0.4) is 0 Å². The van der Waals surface area contributed by atoms with E-state index in [1.54, 1.807) is 20.5 Å². The molecule has 0 atom stereocenters. The Morgan fingerprint density at radius 3 is 1.02 bits per heavy atom. The first-order chi connectivity index (χ1) is 27.5. The Kier molecular flexibility index (Phi) is 20.4. The number of hydrogen-bond donors (Lipinski definition) is 0. The smallest absolute Gasteiger partial charge is 0.133 e. The van der Waals surface area contributed by atoms with Gasteiger partial charge in [0.1, 0.15) is 10.0 Å². The Balaban J connectivity index is 1.49. The number of rotatable bonds is 30. The van der Waals surface area contributed by atoms with Crippen molar-refractivity contribution in [1.29, 1.82) is 0 Å². The number of thiophene rings is 2. The first-order valence-electron chi connectivity index (χ1n) is 23.4. The van der Waals surface area contributed by atoms with Crippen molar-refractivity contribution in [2.75, 3.05) is 0 Å². The highest BCUT2D eigenvalue weighted by atomic mass is 32.1. The zero-order chi connectivity index (χ0) is 39.5. The monoisotopic (exact) mass is 832 g/mol. The van der Waals surface area contributed by atoms with E-state index in [9.17, 15) is 0 Å². The first-order valence-corrected chi connectivity index (χ1v) is 26.7. The maximum absolute atomic E-state index is 5.36. The molecule has 2 nitrogen and oxygen atoms in total. The topological polar surface area (TPSA) is 25.8 Å². The van der Waals surface area contributed by atoms with E-state index < -0.39 is 0 Å². The Labute approximate surface area is 358 Å². The third-order valence-electron chi connectivity index (χ3n) is 12.0. The number of unbranched alkanes of at least 4 members (excludes halogenated alkanes) is 20. The van der Waals surface area contributed by atoms with Gasteiger partial charge < -0.3 is 0 Å². The number of thiazole rings is 2. The molecule has 56 heavy (non-hydrogen) atoms. The van der Waals surface area contributed by atoms with Crippen LogP contribution in [0.4, 0.5) is 0 Å². The zero-order valence-corrected chi connectivity index (χ0v) is 39.7. The second-order valence-electron chi connectivity index (χ2n) is 16.8. The molecule has 0 aliphatic heterocycles. The number of benzene rings is 1. The number of fused-ring (bicyclic) bond motifs is 2. The molecule has 0 spiro atoms. The number of hydrogen-bond acceptors (Lipinski definition) is 6. The molecule has 6 heteroatoms. The maximum atomic E-state index is 5.36. The largest absolute Gasteiger partial charge is 0.240 e. The molecule has 0 saturated heterocycles. The first kappa shape index (κ1) is 45.5. The van der Waals surface area contributed by atoms with E-state index in [-0.39, 0.29) is 0 Å². The molecule has 0 radical (unpaired) electrons. The van der Waals surface area contributed by atoms with E-state index in [0.717, 1.165) is 12.8 Å². The summed E-state index contributed by atoms with van der Waals surface area (Å²) in [6.07, 6.45) is 36.7. The summed E-state index contributed by atoms with van der Waals surface area (Å²) in [6.45, 7) is 13.9. The van der Waals surface area contributed by atoms with Crippen molar-refractivity contribution in [3.05, 3.63) is 44.4 Å². The van der Waals surface area contributed by atoms with Crippen molar-refractivity contribution in [3.63, 3.8) is 0 Å². The molecule has 0 amide bonds. The minimum atomic E-state index is 1.13. The molecule has 4 aromatic heterocycles. The van der Waals surface area contributed by atoms with Gasteiger partial charge in [0, 0.05) is 19.2 Å². The summed E-state index contributed by atoms with van der Waals surface area (Å²) in [5.74, 6) is 0. The van der Waals surface area contributed by atoms with E-state index in [4.69, 9.17) is 9.97 Å². The molecule has 1 aromatic carbocycles. The second kappa shape index (κ2) is 25.1. The summed E-state index contributed by atoms with van der Waals surface area (Å²) in [5.41, 5.74) is 5.91. The van der Waals surface area contributed by atoms with Gasteiger partial charge >= 0.3 is 0 Å². The average Bonchev–Trinajstić information content (AvgIpc) is 4.00. The molecule has 0 saturated carbocycles. The summed E-state index contributed by atoms with van der Waals surface area (Å²) in [5, 5.41) is 5.57. The summed E-state index contributed by atoms with van der Waals surface area (Å²) < 4.78 is 3.10. The predicted molar refractivity (Wildman–Crippen MR) is 257 cm³/mol. The fourth-order valence-electron chi connectivity index (χ4n) is 8.47. The molecule has 0 unspecified atom stereocenters. The minimum Gasteiger partial charge on any atom is -0.240 e. The molecule has 310 valence electrons. The summed E-state index contributed by atoms with van der Waals surface area (Å²) in [4.78, 5) is 16.4. The highest BCUT2D eigenvalue weighted by Crippen LogP contribution is 2.48. The molecule has 0 bridgehead atoms. The average molecular weight is 833 g/mol. The highest BCUT2D eigenvalue weighted by Gasteiger charge is 2.23. The van der Waals surface area contributed by atoms with Gasteiger partial charge in [-0.05, 0) is 99.2 Å². The molecule has 0 aliphatic rings. The van der Waals surface area contributed by atoms with E-state index in [2.05, 4.69) is 76.3 Å². The van der Waals surface area contributed by atoms with Gasteiger partial charge in [0.25, 0.3) is 0 Å². The summed E-state index contributed by atoms with van der Waals surface area (Å²) in [7, 11) is 0. The number of nitrogens with zero attached hydrogens (tertiary/aromatic N) is 2. The lowest BCUT2D eigenvalue weighted by Gasteiger charge is -2.12. The molecule has 5 rings (SSSR count). The van der Waals surface area contributed by atoms with Gasteiger partial charge in [-0.3, -0.25) is 0 Å². The highest BCUT2D eigenvalue weighted by molar-refractivity contribution is 7.27. The van der Waals surface area contributed by atoms with E-state index in [0.29, 0.717) is 0 Å². The standard InChI is InChI=1S/C50H76N2S4/c1-7-11-15-19-23-27-31-39-41-35-45(49-51-43(37(5)53-49)33-29-25-21-17-13-9-3)56-48(41)40(32-28-24-20-16-12-8-2)42-36-46(55-47(39)42)50-52-44(38(6)54-50)34-30-26-22-18-14-10-4/h35-36H,7-34H2,1-6H3. The van der Waals surface area contributed by atoms with E-state index in [1.165, 1.54) is 219 Å². The lowest BCUT2D eigenvalue weighted by molar-refractivity contribution is 0.605. The Bertz CT molecular complexity index is 1660. The molecule has 0 fully saturated rings. The fraction of sp³-hybridized carbons (Fsp3) is 0.680.